The van der Waals surface area contributed by atoms with Crippen molar-refractivity contribution in [3.63, 3.8) is 0 Å². The number of para-hydroxylation sites is 2. The molecule has 0 N–H and O–H groups in total. The van der Waals surface area contributed by atoms with Crippen LogP contribution in [0, 0.1) is 0 Å². The van der Waals surface area contributed by atoms with Crippen LogP contribution in [0.1, 0.15) is 0 Å². The van der Waals surface area contributed by atoms with Gasteiger partial charge >= 0.3 is 0 Å². The smallest absolute Gasteiger partial charge is 0.143 e. The predicted molar refractivity (Wildman–Crippen MR) is 153 cm³/mol. The van der Waals surface area contributed by atoms with Gasteiger partial charge in [-0.05, 0) is 22.4 Å². The van der Waals surface area contributed by atoms with E-state index in [-0.39, 0.29) is 0 Å². The van der Waals surface area contributed by atoms with Gasteiger partial charge in [0.05, 0.1) is 22.9 Å². The van der Waals surface area contributed by atoms with Crippen LogP contribution in [0.5, 0.6) is 0 Å². The molecule has 8 rings (SSSR count). The zero-order valence-corrected chi connectivity index (χ0v) is 19.8. The van der Waals surface area contributed by atoms with E-state index in [4.69, 9.17) is 14.4 Å². The van der Waals surface area contributed by atoms with Crippen molar-refractivity contribution in [2.24, 2.45) is 0 Å². The second-order valence-electron chi connectivity index (χ2n) is 9.40. The van der Waals surface area contributed by atoms with Gasteiger partial charge in [0.15, 0.2) is 0 Å². The summed E-state index contributed by atoms with van der Waals surface area (Å²) in [7, 11) is 0. The average Bonchev–Trinajstić information content (AvgIpc) is 3.36. The molecule has 0 radical (unpaired) electrons. The fourth-order valence-corrected chi connectivity index (χ4v) is 5.56. The maximum Gasteiger partial charge on any atom is 0.143 e. The number of aromatic nitrogens is 2. The highest BCUT2D eigenvalue weighted by molar-refractivity contribution is 6.23. The van der Waals surface area contributed by atoms with E-state index in [1.165, 1.54) is 10.8 Å². The minimum absolute atomic E-state index is 0.862. The van der Waals surface area contributed by atoms with Gasteiger partial charge in [-0.1, -0.05) is 109 Å². The van der Waals surface area contributed by atoms with Crippen LogP contribution in [-0.2, 0) is 0 Å². The molecule has 3 heteroatoms. The Balaban J connectivity index is 1.28. The first-order valence-corrected chi connectivity index (χ1v) is 12.4. The van der Waals surface area contributed by atoms with Crippen molar-refractivity contribution in [1.82, 2.24) is 9.97 Å². The second kappa shape index (κ2) is 7.74. The zero-order chi connectivity index (χ0) is 24.3. The first-order valence-electron chi connectivity index (χ1n) is 12.4. The van der Waals surface area contributed by atoms with Gasteiger partial charge < -0.3 is 4.42 Å². The molecule has 0 saturated heterocycles. The van der Waals surface area contributed by atoms with Crippen molar-refractivity contribution in [1.29, 1.82) is 0 Å². The summed E-state index contributed by atoms with van der Waals surface area (Å²) >= 11 is 0. The number of hydrogen-bond donors (Lipinski definition) is 0. The van der Waals surface area contributed by atoms with Gasteiger partial charge in [-0.25, -0.2) is 4.98 Å². The standard InChI is InChI=1S/C34H20N2O/c1-3-11-27-24(8-1)25-9-2-4-12-28(25)33-32(27)35-20-30(36-33)22-18-16-21(17-19-22)23-13-7-14-29-26-10-5-6-15-31(26)37-34(23)29/h1-20H. The lowest BCUT2D eigenvalue weighted by atomic mass is 9.99. The average molecular weight is 473 g/mol. The Labute approximate surface area is 212 Å². The van der Waals surface area contributed by atoms with Crippen molar-refractivity contribution in [3.05, 3.63) is 121 Å². The SMILES string of the molecule is c1ccc2c(c1)oc1c(-c3ccc(-c4cnc5c6ccccc6c6ccccc6c5n4)cc3)cccc12. The third-order valence-corrected chi connectivity index (χ3v) is 7.32. The van der Waals surface area contributed by atoms with Crippen molar-refractivity contribution < 1.29 is 4.42 Å². The highest BCUT2D eigenvalue weighted by Crippen LogP contribution is 2.37. The number of nitrogens with zero attached hydrogens (tertiary/aromatic N) is 2. The highest BCUT2D eigenvalue weighted by atomic mass is 16.3. The van der Waals surface area contributed by atoms with Crippen LogP contribution < -0.4 is 0 Å². The number of benzene rings is 6. The second-order valence-corrected chi connectivity index (χ2v) is 9.40. The molecular weight excluding hydrogens is 452 g/mol. The topological polar surface area (TPSA) is 38.9 Å². The Morgan fingerprint density at radius 3 is 1.81 bits per heavy atom. The monoisotopic (exact) mass is 472 g/mol. The molecule has 8 aromatic rings. The van der Waals surface area contributed by atoms with Crippen molar-refractivity contribution >= 4 is 54.5 Å². The van der Waals surface area contributed by atoms with Gasteiger partial charge in [-0.15, -0.1) is 0 Å². The van der Waals surface area contributed by atoms with Gasteiger partial charge in [0.1, 0.15) is 11.2 Å². The molecule has 0 fully saturated rings. The van der Waals surface area contributed by atoms with Crippen LogP contribution in [0.4, 0.5) is 0 Å². The van der Waals surface area contributed by atoms with Crippen molar-refractivity contribution in [2.75, 3.05) is 0 Å². The predicted octanol–water partition coefficient (Wildman–Crippen LogP) is 9.17. The summed E-state index contributed by atoms with van der Waals surface area (Å²) in [5.41, 5.74) is 7.79. The van der Waals surface area contributed by atoms with Crippen LogP contribution in [0.25, 0.3) is 76.9 Å². The number of fused-ring (bicyclic) bond motifs is 9. The molecule has 0 aliphatic rings. The molecule has 6 aromatic carbocycles. The number of hydrogen-bond acceptors (Lipinski definition) is 3. The van der Waals surface area contributed by atoms with E-state index in [1.54, 1.807) is 0 Å². The normalized spacial score (nSPS) is 11.8. The van der Waals surface area contributed by atoms with Gasteiger partial charge in [0.25, 0.3) is 0 Å². The van der Waals surface area contributed by atoms with Crippen LogP contribution in [0.15, 0.2) is 126 Å². The van der Waals surface area contributed by atoms with Crippen LogP contribution in [0.2, 0.25) is 0 Å². The first-order chi connectivity index (χ1) is 18.3. The van der Waals surface area contributed by atoms with Crippen molar-refractivity contribution in [2.45, 2.75) is 0 Å². The molecule has 3 nitrogen and oxygen atoms in total. The quantitative estimate of drug-likeness (QED) is 0.235. The summed E-state index contributed by atoms with van der Waals surface area (Å²) in [4.78, 5) is 10.0. The lowest BCUT2D eigenvalue weighted by Crippen LogP contribution is -1.92. The summed E-state index contributed by atoms with van der Waals surface area (Å²) in [6.07, 6.45) is 1.89. The van der Waals surface area contributed by atoms with E-state index < -0.39 is 0 Å². The minimum Gasteiger partial charge on any atom is -0.455 e. The molecule has 0 unspecified atom stereocenters. The van der Waals surface area contributed by atoms with E-state index in [0.717, 1.165) is 66.1 Å². The third kappa shape index (κ3) is 3.01. The molecule has 0 amide bonds. The molecule has 172 valence electrons. The molecule has 0 saturated carbocycles. The molecule has 0 bridgehead atoms. The van der Waals surface area contributed by atoms with E-state index in [1.807, 2.05) is 18.3 Å². The Morgan fingerprint density at radius 2 is 1.05 bits per heavy atom. The lowest BCUT2D eigenvalue weighted by molar-refractivity contribution is 0.670. The van der Waals surface area contributed by atoms with Gasteiger partial charge in [-0.2, -0.15) is 0 Å². The number of rotatable bonds is 2. The molecule has 0 aliphatic heterocycles. The van der Waals surface area contributed by atoms with E-state index >= 15 is 0 Å². The molecule has 2 heterocycles. The first kappa shape index (κ1) is 20.2. The van der Waals surface area contributed by atoms with Crippen LogP contribution >= 0.6 is 0 Å². The molecule has 0 atom stereocenters. The van der Waals surface area contributed by atoms with Gasteiger partial charge in [-0.3, -0.25) is 4.98 Å². The largest absolute Gasteiger partial charge is 0.455 e. The lowest BCUT2D eigenvalue weighted by Gasteiger charge is -2.10. The maximum atomic E-state index is 6.25. The Hall–Kier alpha value is -5.02. The third-order valence-electron chi connectivity index (χ3n) is 7.32. The Kier molecular flexibility index (Phi) is 4.23. The fraction of sp³-hybridized carbons (Fsp3) is 0. The summed E-state index contributed by atoms with van der Waals surface area (Å²) in [6.45, 7) is 0. The van der Waals surface area contributed by atoms with E-state index in [0.29, 0.717) is 0 Å². The summed E-state index contributed by atoms with van der Waals surface area (Å²) in [6, 6.07) is 39.9. The van der Waals surface area contributed by atoms with E-state index in [9.17, 15) is 0 Å². The Bertz CT molecular complexity index is 2100. The Morgan fingerprint density at radius 1 is 0.459 bits per heavy atom. The fourth-order valence-electron chi connectivity index (χ4n) is 5.56. The molecule has 0 aliphatic carbocycles. The van der Waals surface area contributed by atoms with Gasteiger partial charge in [0, 0.05) is 32.7 Å². The van der Waals surface area contributed by atoms with Gasteiger partial charge in [0.2, 0.25) is 0 Å². The summed E-state index contributed by atoms with van der Waals surface area (Å²) in [5, 5.41) is 6.94. The minimum atomic E-state index is 0.862. The highest BCUT2D eigenvalue weighted by Gasteiger charge is 2.14. The maximum absolute atomic E-state index is 6.25. The number of furan rings is 1. The van der Waals surface area contributed by atoms with Crippen LogP contribution in [-0.4, -0.2) is 9.97 Å². The molecular formula is C34H20N2O. The summed E-state index contributed by atoms with van der Waals surface area (Å²) < 4.78 is 6.25. The molecule has 37 heavy (non-hydrogen) atoms. The van der Waals surface area contributed by atoms with E-state index in [2.05, 4.69) is 103 Å². The zero-order valence-electron chi connectivity index (χ0n) is 19.8. The molecule has 2 aromatic heterocycles. The molecule has 0 spiro atoms. The summed E-state index contributed by atoms with van der Waals surface area (Å²) in [5.74, 6) is 0. The van der Waals surface area contributed by atoms with Crippen LogP contribution in [0.3, 0.4) is 0 Å². The van der Waals surface area contributed by atoms with Crippen molar-refractivity contribution in [3.8, 4) is 22.4 Å².